The Hall–Kier alpha value is -0.580. The first-order valence-corrected chi connectivity index (χ1v) is 7.48. The molecule has 0 fully saturated rings. The van der Waals surface area contributed by atoms with Gasteiger partial charge in [0.2, 0.25) is 0 Å². The van der Waals surface area contributed by atoms with E-state index < -0.39 is 5.38 Å². The number of alkyl halides is 1. The fourth-order valence-electron chi connectivity index (χ4n) is 1.72. The van der Waals surface area contributed by atoms with Crippen LogP contribution in [0.4, 0.5) is 4.39 Å². The summed E-state index contributed by atoms with van der Waals surface area (Å²) in [6, 6.07) is 10.5. The molecule has 0 radical (unpaired) electrons. The zero-order valence-corrected chi connectivity index (χ0v) is 13.9. The van der Waals surface area contributed by atoms with Crippen LogP contribution in [0.5, 0.6) is 5.75 Å². The molecule has 0 aliphatic heterocycles. The molecule has 2 aromatic carbocycles. The van der Waals surface area contributed by atoms with Crippen molar-refractivity contribution in [3.05, 3.63) is 62.3 Å². The van der Waals surface area contributed by atoms with Crippen molar-refractivity contribution in [1.82, 2.24) is 0 Å². The van der Waals surface area contributed by atoms with Crippen molar-refractivity contribution in [2.24, 2.45) is 0 Å². The number of methoxy groups -OCH3 is 1. The molecule has 2 aromatic rings. The highest BCUT2D eigenvalue weighted by atomic mass is 79.9. The van der Waals surface area contributed by atoms with Crippen molar-refractivity contribution in [2.45, 2.75) is 5.38 Å². The van der Waals surface area contributed by atoms with E-state index in [2.05, 4.69) is 31.9 Å². The van der Waals surface area contributed by atoms with Gasteiger partial charge in [-0.15, -0.1) is 11.6 Å². The second kappa shape index (κ2) is 6.25. The van der Waals surface area contributed by atoms with E-state index in [-0.39, 0.29) is 5.82 Å². The van der Waals surface area contributed by atoms with Gasteiger partial charge in [0.1, 0.15) is 11.6 Å². The van der Waals surface area contributed by atoms with Gasteiger partial charge in [-0.25, -0.2) is 4.39 Å². The maximum atomic E-state index is 14.0. The molecule has 100 valence electrons. The summed E-state index contributed by atoms with van der Waals surface area (Å²) in [5.41, 5.74) is 1.22. The maximum Gasteiger partial charge on any atom is 0.142 e. The van der Waals surface area contributed by atoms with E-state index in [0.717, 1.165) is 10.0 Å². The second-order valence-corrected chi connectivity index (χ2v) is 6.04. The van der Waals surface area contributed by atoms with Gasteiger partial charge in [0, 0.05) is 10.0 Å². The van der Waals surface area contributed by atoms with Crippen LogP contribution in [-0.2, 0) is 0 Å². The van der Waals surface area contributed by atoms with E-state index in [4.69, 9.17) is 16.3 Å². The molecule has 0 saturated heterocycles. The third-order valence-corrected chi connectivity index (χ3v) is 4.50. The summed E-state index contributed by atoms with van der Waals surface area (Å²) in [6.07, 6.45) is 0. The standard InChI is InChI=1S/C14H10Br2ClFO/c1-19-8-5-6-9(12(16)7-8)13(17)10-3-2-4-11(15)14(10)18/h2-7,13H,1H3. The van der Waals surface area contributed by atoms with E-state index in [1.54, 1.807) is 37.4 Å². The van der Waals surface area contributed by atoms with Gasteiger partial charge < -0.3 is 4.74 Å². The quantitative estimate of drug-likeness (QED) is 0.593. The van der Waals surface area contributed by atoms with E-state index in [9.17, 15) is 4.39 Å². The molecule has 0 amide bonds. The fourth-order valence-corrected chi connectivity index (χ4v) is 3.18. The Balaban J connectivity index is 2.44. The lowest BCUT2D eigenvalue weighted by Gasteiger charge is -2.14. The first-order valence-electron chi connectivity index (χ1n) is 5.46. The Morgan fingerprint density at radius 1 is 1.11 bits per heavy atom. The maximum absolute atomic E-state index is 14.0. The van der Waals surface area contributed by atoms with Crippen molar-refractivity contribution >= 4 is 43.5 Å². The Morgan fingerprint density at radius 3 is 2.47 bits per heavy atom. The topological polar surface area (TPSA) is 9.23 Å². The van der Waals surface area contributed by atoms with Crippen molar-refractivity contribution in [3.8, 4) is 5.75 Å². The third-order valence-electron chi connectivity index (χ3n) is 2.74. The van der Waals surface area contributed by atoms with Crippen molar-refractivity contribution < 1.29 is 9.13 Å². The summed E-state index contributed by atoms with van der Waals surface area (Å²) in [7, 11) is 1.59. The van der Waals surface area contributed by atoms with Crippen LogP contribution in [0, 0.1) is 5.82 Å². The van der Waals surface area contributed by atoms with Crippen LogP contribution >= 0.6 is 43.5 Å². The molecule has 0 saturated carbocycles. The molecule has 19 heavy (non-hydrogen) atoms. The molecule has 2 rings (SSSR count). The predicted molar refractivity (Wildman–Crippen MR) is 82.5 cm³/mol. The van der Waals surface area contributed by atoms with Gasteiger partial charge >= 0.3 is 0 Å². The lowest BCUT2D eigenvalue weighted by atomic mass is 10.0. The zero-order chi connectivity index (χ0) is 14.0. The number of halogens is 4. The molecule has 0 aliphatic rings. The summed E-state index contributed by atoms with van der Waals surface area (Å²) in [5, 5.41) is -0.571. The second-order valence-electron chi connectivity index (χ2n) is 3.89. The van der Waals surface area contributed by atoms with Crippen LogP contribution in [0.2, 0.25) is 0 Å². The molecule has 0 bridgehead atoms. The highest BCUT2D eigenvalue weighted by Gasteiger charge is 2.19. The van der Waals surface area contributed by atoms with Gasteiger partial charge in [-0.05, 0) is 39.7 Å². The minimum Gasteiger partial charge on any atom is -0.497 e. The minimum atomic E-state index is -0.571. The lowest BCUT2D eigenvalue weighted by Crippen LogP contribution is -1.99. The molecule has 0 spiro atoms. The van der Waals surface area contributed by atoms with Gasteiger partial charge in [0.15, 0.2) is 0 Å². The van der Waals surface area contributed by atoms with Gasteiger partial charge in [-0.1, -0.05) is 34.1 Å². The van der Waals surface area contributed by atoms with Crippen molar-refractivity contribution in [2.75, 3.05) is 7.11 Å². The van der Waals surface area contributed by atoms with Gasteiger partial charge in [0.05, 0.1) is 17.0 Å². The zero-order valence-electron chi connectivity index (χ0n) is 9.96. The Bertz CT molecular complexity index is 604. The summed E-state index contributed by atoms with van der Waals surface area (Å²) < 4.78 is 20.4. The molecular formula is C14H10Br2ClFO. The Morgan fingerprint density at radius 2 is 1.84 bits per heavy atom. The van der Waals surface area contributed by atoms with E-state index in [1.165, 1.54) is 0 Å². The van der Waals surface area contributed by atoms with Crippen LogP contribution in [0.15, 0.2) is 45.3 Å². The van der Waals surface area contributed by atoms with Crippen LogP contribution in [0.1, 0.15) is 16.5 Å². The first-order chi connectivity index (χ1) is 9.04. The average molecular weight is 408 g/mol. The lowest BCUT2D eigenvalue weighted by molar-refractivity contribution is 0.414. The number of hydrogen-bond donors (Lipinski definition) is 0. The molecule has 0 aliphatic carbocycles. The van der Waals surface area contributed by atoms with Crippen LogP contribution in [-0.4, -0.2) is 7.11 Å². The fraction of sp³-hybridized carbons (Fsp3) is 0.143. The summed E-state index contributed by atoms with van der Waals surface area (Å²) >= 11 is 13.0. The highest BCUT2D eigenvalue weighted by molar-refractivity contribution is 9.10. The highest BCUT2D eigenvalue weighted by Crippen LogP contribution is 2.37. The number of benzene rings is 2. The third kappa shape index (κ3) is 3.12. The number of rotatable bonds is 3. The van der Waals surface area contributed by atoms with Gasteiger partial charge in [0.25, 0.3) is 0 Å². The summed E-state index contributed by atoms with van der Waals surface area (Å²) in [6.45, 7) is 0. The largest absolute Gasteiger partial charge is 0.497 e. The van der Waals surface area contributed by atoms with Gasteiger partial charge in [-0.2, -0.15) is 0 Å². The van der Waals surface area contributed by atoms with E-state index in [0.29, 0.717) is 15.8 Å². The van der Waals surface area contributed by atoms with Crippen LogP contribution in [0.3, 0.4) is 0 Å². The molecule has 1 nitrogen and oxygen atoms in total. The molecule has 1 unspecified atom stereocenters. The van der Waals surface area contributed by atoms with Crippen molar-refractivity contribution in [1.29, 1.82) is 0 Å². The molecule has 0 aromatic heterocycles. The minimum absolute atomic E-state index is 0.342. The van der Waals surface area contributed by atoms with Crippen molar-refractivity contribution in [3.63, 3.8) is 0 Å². The summed E-state index contributed by atoms with van der Waals surface area (Å²) in [4.78, 5) is 0. The normalized spacial score (nSPS) is 12.3. The van der Waals surface area contributed by atoms with Gasteiger partial charge in [-0.3, -0.25) is 0 Å². The molecule has 5 heteroatoms. The molecule has 0 heterocycles. The molecular weight excluding hydrogens is 398 g/mol. The SMILES string of the molecule is COc1ccc(C(Cl)c2cccc(Br)c2F)c(Br)c1. The first kappa shape index (κ1) is 14.8. The number of hydrogen-bond acceptors (Lipinski definition) is 1. The summed E-state index contributed by atoms with van der Waals surface area (Å²) in [5.74, 6) is 0.374. The Labute approximate surface area is 133 Å². The Kier molecular flexibility index (Phi) is 4.87. The monoisotopic (exact) mass is 406 g/mol. The predicted octanol–water partition coefficient (Wildman–Crippen LogP) is 5.69. The van der Waals surface area contributed by atoms with E-state index >= 15 is 0 Å². The molecule has 1 atom stereocenters. The van der Waals surface area contributed by atoms with E-state index in [1.807, 2.05) is 6.07 Å². The number of ether oxygens (including phenoxy) is 1. The van der Waals surface area contributed by atoms with Crippen LogP contribution < -0.4 is 4.74 Å². The average Bonchev–Trinajstić information content (AvgIpc) is 2.41. The molecule has 0 N–H and O–H groups in total. The van der Waals surface area contributed by atoms with Crippen LogP contribution in [0.25, 0.3) is 0 Å². The smallest absolute Gasteiger partial charge is 0.142 e.